The third-order valence-electron chi connectivity index (χ3n) is 5.26. The molecule has 0 saturated carbocycles. The molecule has 0 bridgehead atoms. The van der Waals surface area contributed by atoms with Crippen LogP contribution in [-0.2, 0) is 0 Å². The third kappa shape index (κ3) is 3.78. The molecule has 1 aliphatic carbocycles. The smallest absolute Gasteiger partial charge is 0.196 e. The molecule has 27 heavy (non-hydrogen) atoms. The average Bonchev–Trinajstić information content (AvgIpc) is 2.66. The van der Waals surface area contributed by atoms with E-state index in [0.717, 1.165) is 24.1 Å². The largest absolute Gasteiger partial charge is 0.379 e. The molecule has 0 atom stereocenters. The first-order valence-electron chi connectivity index (χ1n) is 9.30. The first-order valence-corrected chi connectivity index (χ1v) is 9.30. The predicted molar refractivity (Wildman–Crippen MR) is 107 cm³/mol. The second-order valence-electron chi connectivity index (χ2n) is 7.23. The number of benzene rings is 2. The second kappa shape index (κ2) is 8.00. The van der Waals surface area contributed by atoms with Crippen LogP contribution in [0.4, 0.5) is 5.69 Å². The van der Waals surface area contributed by atoms with Gasteiger partial charge in [-0.3, -0.25) is 9.59 Å². The van der Waals surface area contributed by atoms with Gasteiger partial charge in [-0.15, -0.1) is 0 Å². The van der Waals surface area contributed by atoms with Gasteiger partial charge in [0, 0.05) is 35.5 Å². The molecule has 0 radical (unpaired) electrons. The quantitative estimate of drug-likeness (QED) is 0.520. The number of hydrogen-bond acceptors (Lipinski definition) is 5. The summed E-state index contributed by atoms with van der Waals surface area (Å²) in [5.74, 6) is -0.208. The van der Waals surface area contributed by atoms with Crippen LogP contribution in [0.5, 0.6) is 0 Å². The molecule has 6 heteroatoms. The number of carbonyl (C=O) groups excluding carboxylic acids is 2. The Kier molecular flexibility index (Phi) is 5.70. The minimum Gasteiger partial charge on any atom is -0.379 e. The van der Waals surface area contributed by atoms with Crippen molar-refractivity contribution >= 4 is 17.3 Å². The van der Waals surface area contributed by atoms with Gasteiger partial charge in [-0.25, -0.2) is 0 Å². The minimum atomic E-state index is -0.107. The van der Waals surface area contributed by atoms with Crippen LogP contribution in [0, 0.1) is 0 Å². The highest BCUT2D eigenvalue weighted by molar-refractivity contribution is 6.30. The molecule has 0 aromatic heterocycles. The van der Waals surface area contributed by atoms with Crippen LogP contribution in [0.2, 0.25) is 0 Å². The van der Waals surface area contributed by atoms with Crippen LogP contribution in [0.15, 0.2) is 42.5 Å². The Morgan fingerprint density at radius 2 is 1.41 bits per heavy atom. The lowest BCUT2D eigenvalue weighted by atomic mass is 9.83. The fourth-order valence-corrected chi connectivity index (χ4v) is 3.71. The van der Waals surface area contributed by atoms with Crippen molar-refractivity contribution in [3.63, 3.8) is 0 Å². The van der Waals surface area contributed by atoms with E-state index in [1.165, 1.54) is 0 Å². The molecule has 3 rings (SSSR count). The number of carbonyl (C=O) groups is 2. The molecule has 0 spiro atoms. The number of fused-ring (bicyclic) bond motifs is 2. The maximum absolute atomic E-state index is 13.0. The van der Waals surface area contributed by atoms with E-state index in [2.05, 4.69) is 12.4 Å². The monoisotopic (exact) mass is 367 g/mol. The summed E-state index contributed by atoms with van der Waals surface area (Å²) in [5.41, 5.74) is 14.1. The van der Waals surface area contributed by atoms with E-state index in [-0.39, 0.29) is 11.6 Å². The van der Waals surface area contributed by atoms with Crippen molar-refractivity contribution in [3.8, 4) is 0 Å². The molecule has 0 amide bonds. The van der Waals surface area contributed by atoms with Gasteiger partial charge in [-0.05, 0) is 6.07 Å². The van der Waals surface area contributed by atoms with Crippen LogP contribution in [-0.4, -0.2) is 62.4 Å². The van der Waals surface area contributed by atoms with Crippen LogP contribution in [0.25, 0.3) is 0 Å². The van der Waals surface area contributed by atoms with Gasteiger partial charge < -0.3 is 21.3 Å². The molecular formula is C21H27N4O2+. The minimum absolute atomic E-state index is 0.101. The number of ketones is 2. The van der Waals surface area contributed by atoms with Crippen molar-refractivity contribution in [3.05, 3.63) is 64.7 Å². The zero-order valence-corrected chi connectivity index (χ0v) is 15.7. The molecule has 6 nitrogen and oxygen atoms in total. The molecule has 0 heterocycles. The summed E-state index contributed by atoms with van der Waals surface area (Å²) in [4.78, 5) is 25.8. The fourth-order valence-electron chi connectivity index (χ4n) is 3.71. The summed E-state index contributed by atoms with van der Waals surface area (Å²) in [6.45, 7) is 4.38. The number of anilines is 1. The first-order chi connectivity index (χ1) is 13.0. The summed E-state index contributed by atoms with van der Waals surface area (Å²) in [7, 11) is 2.13. The molecule has 0 aliphatic heterocycles. The summed E-state index contributed by atoms with van der Waals surface area (Å²) < 4.78 is 0.769. The Hall–Kier alpha value is -2.54. The number of nitrogens with zero attached hydrogens (tertiary/aromatic N) is 1. The summed E-state index contributed by atoms with van der Waals surface area (Å²) in [5, 5.41) is 3.36. The van der Waals surface area contributed by atoms with Gasteiger partial charge in [0.05, 0.1) is 38.8 Å². The predicted octanol–water partition coefficient (Wildman–Crippen LogP) is 1.24. The normalized spacial score (nSPS) is 13.3. The maximum Gasteiger partial charge on any atom is 0.196 e. The molecule has 0 saturated heterocycles. The standard InChI is InChI=1S/C21H26N4O2/c1-25(12-9-22,13-10-23)14-11-24-18-8-4-7-17-19(18)21(27)16-6-3-2-5-15(16)20(17)26/h2-8H,9-14,22-23H2,1H3/p+1. The number of quaternary nitrogens is 1. The molecule has 2 aromatic rings. The van der Waals surface area contributed by atoms with Gasteiger partial charge in [-0.1, -0.05) is 36.4 Å². The number of nitrogens with two attached hydrogens (primary N) is 2. The Bertz CT molecular complexity index is 857. The molecule has 2 aromatic carbocycles. The fraction of sp³-hybridized carbons (Fsp3) is 0.333. The highest BCUT2D eigenvalue weighted by Crippen LogP contribution is 2.31. The van der Waals surface area contributed by atoms with E-state index < -0.39 is 0 Å². The zero-order chi connectivity index (χ0) is 19.4. The SMILES string of the molecule is C[N+](CCN)(CCN)CCNc1cccc2c1C(=O)c1ccccc1C2=O. The Balaban J connectivity index is 1.83. The van der Waals surface area contributed by atoms with Crippen LogP contribution < -0.4 is 16.8 Å². The number of nitrogens with one attached hydrogen (secondary N) is 1. The molecule has 0 unspecified atom stereocenters. The van der Waals surface area contributed by atoms with Crippen molar-refractivity contribution in [2.75, 3.05) is 51.6 Å². The average molecular weight is 367 g/mol. The Morgan fingerprint density at radius 1 is 0.815 bits per heavy atom. The van der Waals surface area contributed by atoms with Crippen molar-refractivity contribution in [1.82, 2.24) is 0 Å². The van der Waals surface area contributed by atoms with Crippen LogP contribution in [0.3, 0.4) is 0 Å². The Labute approximate surface area is 159 Å². The van der Waals surface area contributed by atoms with Gasteiger partial charge in [0.2, 0.25) is 0 Å². The lowest BCUT2D eigenvalue weighted by Crippen LogP contribution is -2.52. The maximum atomic E-state index is 13.0. The molecule has 1 aliphatic rings. The van der Waals surface area contributed by atoms with Crippen LogP contribution >= 0.6 is 0 Å². The number of rotatable bonds is 8. The van der Waals surface area contributed by atoms with Gasteiger partial charge in [0.1, 0.15) is 0 Å². The van der Waals surface area contributed by atoms with E-state index in [1.807, 2.05) is 12.1 Å². The molecule has 142 valence electrons. The van der Waals surface area contributed by atoms with E-state index in [4.69, 9.17) is 11.5 Å². The zero-order valence-electron chi connectivity index (χ0n) is 15.7. The van der Waals surface area contributed by atoms with E-state index in [1.54, 1.807) is 30.3 Å². The summed E-state index contributed by atoms with van der Waals surface area (Å²) in [6, 6.07) is 12.4. The van der Waals surface area contributed by atoms with Crippen molar-refractivity contribution in [1.29, 1.82) is 0 Å². The van der Waals surface area contributed by atoms with Gasteiger partial charge >= 0.3 is 0 Å². The highest BCUT2D eigenvalue weighted by atomic mass is 16.1. The summed E-state index contributed by atoms with van der Waals surface area (Å²) in [6.07, 6.45) is 0. The lowest BCUT2D eigenvalue weighted by Gasteiger charge is -2.34. The van der Waals surface area contributed by atoms with E-state index in [9.17, 15) is 9.59 Å². The highest BCUT2D eigenvalue weighted by Gasteiger charge is 2.31. The number of likely N-dealkylation sites (N-methyl/N-ethyl adjacent to an activating group) is 1. The first kappa shape index (κ1) is 19.2. The van der Waals surface area contributed by atoms with Crippen molar-refractivity contribution in [2.24, 2.45) is 11.5 Å². The third-order valence-corrected chi connectivity index (χ3v) is 5.26. The summed E-state index contributed by atoms with van der Waals surface area (Å²) >= 11 is 0. The topological polar surface area (TPSA) is 98.2 Å². The van der Waals surface area contributed by atoms with E-state index >= 15 is 0 Å². The molecule has 5 N–H and O–H groups in total. The van der Waals surface area contributed by atoms with E-state index in [0.29, 0.717) is 47.6 Å². The van der Waals surface area contributed by atoms with Gasteiger partial charge in [0.15, 0.2) is 11.6 Å². The second-order valence-corrected chi connectivity index (χ2v) is 7.23. The van der Waals surface area contributed by atoms with Crippen molar-refractivity contribution < 1.29 is 14.1 Å². The van der Waals surface area contributed by atoms with Crippen LogP contribution in [0.1, 0.15) is 31.8 Å². The lowest BCUT2D eigenvalue weighted by molar-refractivity contribution is -0.905. The number of hydrogen-bond donors (Lipinski definition) is 3. The molecule has 0 fully saturated rings. The van der Waals surface area contributed by atoms with Crippen molar-refractivity contribution in [2.45, 2.75) is 0 Å². The Morgan fingerprint density at radius 3 is 2.04 bits per heavy atom. The van der Waals surface area contributed by atoms with Gasteiger partial charge in [0.25, 0.3) is 0 Å². The van der Waals surface area contributed by atoms with Gasteiger partial charge in [-0.2, -0.15) is 0 Å². The molecular weight excluding hydrogens is 340 g/mol.